The number of aryl methyl sites for hydroxylation is 1. The summed E-state index contributed by atoms with van der Waals surface area (Å²) in [6, 6.07) is 14.9. The van der Waals surface area contributed by atoms with E-state index in [1.165, 1.54) is 29.5 Å². The molecular weight excluding hydrogens is 370 g/mol. The number of hydrogen-bond donors (Lipinski definition) is 2. The first-order chi connectivity index (χ1) is 12.4. The Morgan fingerprint density at radius 2 is 1.92 bits per heavy atom. The molecule has 0 aliphatic carbocycles. The highest BCUT2D eigenvalue weighted by Crippen LogP contribution is 2.15. The Morgan fingerprint density at radius 1 is 1.12 bits per heavy atom. The van der Waals surface area contributed by atoms with Crippen molar-refractivity contribution in [2.24, 2.45) is 0 Å². The molecule has 1 amide bonds. The fourth-order valence-electron chi connectivity index (χ4n) is 2.27. The molecule has 0 saturated carbocycles. The fraction of sp³-hybridized carbons (Fsp3) is 0.111. The molecule has 134 valence electrons. The summed E-state index contributed by atoms with van der Waals surface area (Å²) in [7, 11) is -3.71. The average molecular weight is 387 g/mol. The molecular formula is C18H17N3O3S2. The molecule has 2 heterocycles. The summed E-state index contributed by atoms with van der Waals surface area (Å²) in [4.78, 5) is 17.5. The smallest absolute Gasteiger partial charge is 0.256 e. The molecule has 0 atom stereocenters. The molecule has 3 rings (SSSR count). The van der Waals surface area contributed by atoms with Gasteiger partial charge in [0.05, 0.1) is 4.90 Å². The topological polar surface area (TPSA) is 88.2 Å². The molecule has 0 aliphatic heterocycles. The Labute approximate surface area is 156 Å². The molecule has 0 aliphatic rings. The normalized spacial score (nSPS) is 11.3. The first kappa shape index (κ1) is 18.2. The summed E-state index contributed by atoms with van der Waals surface area (Å²) in [5, 5.41) is 4.55. The number of nitrogens with zero attached hydrogens (tertiary/aromatic N) is 1. The number of aromatic nitrogens is 1. The van der Waals surface area contributed by atoms with Crippen molar-refractivity contribution in [1.29, 1.82) is 0 Å². The summed E-state index contributed by atoms with van der Waals surface area (Å²) < 4.78 is 27.4. The highest BCUT2D eigenvalue weighted by atomic mass is 32.2. The van der Waals surface area contributed by atoms with Crippen LogP contribution in [0.3, 0.4) is 0 Å². The summed E-state index contributed by atoms with van der Waals surface area (Å²) >= 11 is 1.47. The van der Waals surface area contributed by atoms with Crippen LogP contribution in [-0.4, -0.2) is 19.3 Å². The van der Waals surface area contributed by atoms with Crippen molar-refractivity contribution in [3.8, 4) is 0 Å². The van der Waals surface area contributed by atoms with Gasteiger partial charge in [-0.25, -0.2) is 18.1 Å². The van der Waals surface area contributed by atoms with E-state index >= 15 is 0 Å². The maximum absolute atomic E-state index is 12.5. The second kappa shape index (κ2) is 7.77. The average Bonchev–Trinajstić information content (AvgIpc) is 3.14. The van der Waals surface area contributed by atoms with Gasteiger partial charge in [-0.15, -0.1) is 11.3 Å². The van der Waals surface area contributed by atoms with Crippen molar-refractivity contribution in [3.05, 3.63) is 76.1 Å². The van der Waals surface area contributed by atoms with Crippen molar-refractivity contribution in [1.82, 2.24) is 9.71 Å². The highest BCUT2D eigenvalue weighted by Gasteiger charge is 2.16. The number of hydrogen-bond acceptors (Lipinski definition) is 5. The molecule has 0 spiro atoms. The second-order valence-electron chi connectivity index (χ2n) is 5.55. The predicted molar refractivity (Wildman–Crippen MR) is 102 cm³/mol. The number of sulfonamides is 1. The van der Waals surface area contributed by atoms with Crippen molar-refractivity contribution in [3.63, 3.8) is 0 Å². The molecule has 1 aromatic carbocycles. The van der Waals surface area contributed by atoms with E-state index in [9.17, 15) is 13.2 Å². The van der Waals surface area contributed by atoms with Crippen LogP contribution in [0.15, 0.2) is 64.9 Å². The highest BCUT2D eigenvalue weighted by molar-refractivity contribution is 7.89. The number of carbonyl (C=O) groups excluding carboxylic acids is 1. The van der Waals surface area contributed by atoms with Crippen LogP contribution in [-0.2, 0) is 16.6 Å². The zero-order valence-electron chi connectivity index (χ0n) is 14.0. The quantitative estimate of drug-likeness (QED) is 0.680. The number of benzene rings is 1. The molecule has 0 saturated heterocycles. The van der Waals surface area contributed by atoms with Gasteiger partial charge in [-0.2, -0.15) is 0 Å². The largest absolute Gasteiger partial charge is 0.307 e. The monoisotopic (exact) mass is 387 g/mol. The minimum Gasteiger partial charge on any atom is -0.307 e. The molecule has 0 bridgehead atoms. The summed E-state index contributed by atoms with van der Waals surface area (Å²) in [5.74, 6) is -0.00233. The number of pyridine rings is 1. The SMILES string of the molecule is Cc1cccc(NC(=O)c2cccc(S(=O)(=O)NCc3cccs3)c2)n1. The van der Waals surface area contributed by atoms with Gasteiger partial charge >= 0.3 is 0 Å². The maximum Gasteiger partial charge on any atom is 0.256 e. The minimum atomic E-state index is -3.71. The number of amides is 1. The van der Waals surface area contributed by atoms with E-state index < -0.39 is 15.9 Å². The van der Waals surface area contributed by atoms with Gasteiger partial charge in [0, 0.05) is 22.7 Å². The number of nitrogens with one attached hydrogen (secondary N) is 2. The molecule has 0 fully saturated rings. The number of anilines is 1. The Balaban J connectivity index is 1.75. The maximum atomic E-state index is 12.5. The van der Waals surface area contributed by atoms with Crippen LogP contribution < -0.4 is 10.0 Å². The Hall–Kier alpha value is -2.55. The zero-order valence-corrected chi connectivity index (χ0v) is 15.6. The standard InChI is InChI=1S/C18H17N3O3S2/c1-13-5-2-9-17(20-13)21-18(22)14-6-3-8-16(11-14)26(23,24)19-12-15-7-4-10-25-15/h2-11,19H,12H2,1H3,(H,20,21,22). The third-order valence-corrected chi connectivity index (χ3v) is 5.83. The molecule has 3 aromatic rings. The van der Waals surface area contributed by atoms with Crippen LogP contribution >= 0.6 is 11.3 Å². The van der Waals surface area contributed by atoms with Gasteiger partial charge < -0.3 is 5.32 Å². The van der Waals surface area contributed by atoms with Crippen LogP contribution in [0.2, 0.25) is 0 Å². The van der Waals surface area contributed by atoms with Gasteiger partial charge in [-0.3, -0.25) is 4.79 Å². The van der Waals surface area contributed by atoms with E-state index in [1.807, 2.05) is 30.5 Å². The summed E-state index contributed by atoms with van der Waals surface area (Å²) in [6.07, 6.45) is 0. The zero-order chi connectivity index (χ0) is 18.6. The number of rotatable bonds is 6. The van der Waals surface area contributed by atoms with E-state index in [2.05, 4.69) is 15.0 Å². The minimum absolute atomic E-state index is 0.0407. The molecule has 2 N–H and O–H groups in total. The van der Waals surface area contributed by atoms with Gasteiger partial charge in [0.2, 0.25) is 10.0 Å². The van der Waals surface area contributed by atoms with Crippen LogP contribution in [0.25, 0.3) is 0 Å². The van der Waals surface area contributed by atoms with Crippen LogP contribution in [0.5, 0.6) is 0 Å². The van der Waals surface area contributed by atoms with E-state index in [0.717, 1.165) is 10.6 Å². The van der Waals surface area contributed by atoms with Crippen molar-refractivity contribution in [2.45, 2.75) is 18.4 Å². The Bertz CT molecular complexity index is 1020. The van der Waals surface area contributed by atoms with Crippen LogP contribution in [0.1, 0.15) is 20.9 Å². The lowest BCUT2D eigenvalue weighted by Crippen LogP contribution is -2.23. The molecule has 26 heavy (non-hydrogen) atoms. The van der Waals surface area contributed by atoms with Crippen LogP contribution in [0, 0.1) is 6.92 Å². The lowest BCUT2D eigenvalue weighted by atomic mass is 10.2. The molecule has 0 radical (unpaired) electrons. The Kier molecular flexibility index (Phi) is 5.46. The van der Waals surface area contributed by atoms with E-state index in [-0.39, 0.29) is 17.0 Å². The third kappa shape index (κ3) is 4.54. The molecule has 2 aromatic heterocycles. The first-order valence-electron chi connectivity index (χ1n) is 7.81. The molecule has 8 heteroatoms. The van der Waals surface area contributed by atoms with E-state index in [4.69, 9.17) is 0 Å². The third-order valence-electron chi connectivity index (χ3n) is 3.55. The fourth-order valence-corrected chi connectivity index (χ4v) is 4.06. The molecule has 0 unspecified atom stereocenters. The first-order valence-corrected chi connectivity index (χ1v) is 10.2. The van der Waals surface area contributed by atoms with Crippen molar-refractivity contribution >= 4 is 33.1 Å². The van der Waals surface area contributed by atoms with Crippen molar-refractivity contribution < 1.29 is 13.2 Å². The molecule has 6 nitrogen and oxygen atoms in total. The van der Waals surface area contributed by atoms with Gasteiger partial charge in [0.25, 0.3) is 5.91 Å². The van der Waals surface area contributed by atoms with Gasteiger partial charge in [-0.05, 0) is 48.7 Å². The van der Waals surface area contributed by atoms with Gasteiger partial charge in [0.1, 0.15) is 5.82 Å². The van der Waals surface area contributed by atoms with E-state index in [0.29, 0.717) is 5.82 Å². The van der Waals surface area contributed by atoms with Gasteiger partial charge in [0.15, 0.2) is 0 Å². The summed E-state index contributed by atoms with van der Waals surface area (Å²) in [6.45, 7) is 2.03. The van der Waals surface area contributed by atoms with E-state index in [1.54, 1.807) is 18.2 Å². The van der Waals surface area contributed by atoms with Crippen LogP contribution in [0.4, 0.5) is 5.82 Å². The number of thiophene rings is 1. The Morgan fingerprint density at radius 3 is 2.65 bits per heavy atom. The second-order valence-corrected chi connectivity index (χ2v) is 8.35. The summed E-state index contributed by atoms with van der Waals surface area (Å²) in [5.41, 5.74) is 1.02. The lowest BCUT2D eigenvalue weighted by Gasteiger charge is -2.08. The van der Waals surface area contributed by atoms with Crippen molar-refractivity contribution in [2.75, 3.05) is 5.32 Å². The van der Waals surface area contributed by atoms with Gasteiger partial charge in [-0.1, -0.05) is 18.2 Å². The number of carbonyl (C=O) groups is 1. The predicted octanol–water partition coefficient (Wildman–Crippen LogP) is 3.18. The lowest BCUT2D eigenvalue weighted by molar-refractivity contribution is 0.102.